The highest BCUT2D eigenvalue weighted by atomic mass is 16.6. The maximum Gasteiger partial charge on any atom is 0.254 e. The number of hydrogen-bond acceptors (Lipinski definition) is 4. The molecule has 0 saturated heterocycles. The molecular formula is C21H23NO4. The minimum absolute atomic E-state index is 0.0320. The van der Waals surface area contributed by atoms with Crippen molar-refractivity contribution < 1.29 is 19.0 Å². The molecule has 0 spiro atoms. The van der Waals surface area contributed by atoms with Crippen LogP contribution in [0, 0.1) is 0 Å². The summed E-state index contributed by atoms with van der Waals surface area (Å²) in [5, 5.41) is 0. The molecule has 2 aliphatic rings. The van der Waals surface area contributed by atoms with Gasteiger partial charge in [-0.15, -0.1) is 0 Å². The number of carbonyl (C=O) groups is 1. The van der Waals surface area contributed by atoms with E-state index in [0.717, 1.165) is 34.8 Å². The Morgan fingerprint density at radius 3 is 2.50 bits per heavy atom. The molecule has 136 valence electrons. The largest absolute Gasteiger partial charge is 0.493 e. The summed E-state index contributed by atoms with van der Waals surface area (Å²) >= 11 is 0. The molecule has 0 saturated carbocycles. The molecule has 5 nitrogen and oxygen atoms in total. The van der Waals surface area contributed by atoms with Crippen LogP contribution in [-0.4, -0.2) is 36.7 Å². The van der Waals surface area contributed by atoms with Crippen molar-refractivity contribution in [3.05, 3.63) is 53.1 Å². The van der Waals surface area contributed by atoms with Crippen LogP contribution in [0.4, 0.5) is 0 Å². The lowest BCUT2D eigenvalue weighted by Crippen LogP contribution is -2.36. The third kappa shape index (κ3) is 3.21. The van der Waals surface area contributed by atoms with Crippen molar-refractivity contribution >= 4 is 5.91 Å². The van der Waals surface area contributed by atoms with Crippen LogP contribution >= 0.6 is 0 Å². The summed E-state index contributed by atoms with van der Waals surface area (Å²) in [5.41, 5.74) is 2.85. The van der Waals surface area contributed by atoms with E-state index in [9.17, 15) is 4.79 Å². The SMILES string of the molecule is CC(C)N(Cc1ccc2c(c1)OCCO2)C(=O)c1ccc2c(c1)CCO2. The Bertz CT molecular complexity index is 831. The van der Waals surface area contributed by atoms with Crippen molar-refractivity contribution in [2.24, 2.45) is 0 Å². The third-order valence-electron chi connectivity index (χ3n) is 4.78. The first kappa shape index (κ1) is 16.8. The van der Waals surface area contributed by atoms with Crippen LogP contribution in [0.3, 0.4) is 0 Å². The van der Waals surface area contributed by atoms with Gasteiger partial charge in [-0.1, -0.05) is 6.07 Å². The summed E-state index contributed by atoms with van der Waals surface area (Å²) in [6.45, 7) is 6.42. The second-order valence-corrected chi connectivity index (χ2v) is 6.93. The lowest BCUT2D eigenvalue weighted by atomic mass is 10.1. The van der Waals surface area contributed by atoms with E-state index in [1.54, 1.807) is 0 Å². The molecular weight excluding hydrogens is 330 g/mol. The van der Waals surface area contributed by atoms with Gasteiger partial charge in [0.15, 0.2) is 11.5 Å². The number of carbonyl (C=O) groups excluding carboxylic acids is 1. The minimum Gasteiger partial charge on any atom is -0.493 e. The Labute approximate surface area is 153 Å². The summed E-state index contributed by atoms with van der Waals surface area (Å²) in [6, 6.07) is 11.7. The van der Waals surface area contributed by atoms with Crippen LogP contribution < -0.4 is 14.2 Å². The normalized spacial score (nSPS) is 14.7. The Hall–Kier alpha value is -2.69. The van der Waals surface area contributed by atoms with Crippen molar-refractivity contribution in [2.45, 2.75) is 32.9 Å². The quantitative estimate of drug-likeness (QED) is 0.845. The lowest BCUT2D eigenvalue weighted by Gasteiger charge is -2.28. The van der Waals surface area contributed by atoms with Crippen LogP contribution in [0.1, 0.15) is 35.3 Å². The standard InChI is InChI=1S/C21H23NO4/c1-14(2)22(13-15-3-5-19-20(11-15)26-10-9-25-19)21(23)17-4-6-18-16(12-17)7-8-24-18/h3-6,11-12,14H,7-10,13H2,1-2H3. The second-order valence-electron chi connectivity index (χ2n) is 6.93. The van der Waals surface area contributed by atoms with Crippen LogP contribution in [0.2, 0.25) is 0 Å². The maximum absolute atomic E-state index is 13.1. The smallest absolute Gasteiger partial charge is 0.254 e. The van der Waals surface area contributed by atoms with Gasteiger partial charge in [-0.3, -0.25) is 4.79 Å². The second kappa shape index (κ2) is 6.90. The molecule has 0 unspecified atom stereocenters. The van der Waals surface area contributed by atoms with Gasteiger partial charge in [0.1, 0.15) is 19.0 Å². The monoisotopic (exact) mass is 353 g/mol. The van der Waals surface area contributed by atoms with Gasteiger partial charge in [-0.2, -0.15) is 0 Å². The number of benzene rings is 2. The molecule has 5 heteroatoms. The predicted octanol–water partition coefficient (Wildman–Crippen LogP) is 3.44. The zero-order valence-electron chi connectivity index (χ0n) is 15.2. The molecule has 26 heavy (non-hydrogen) atoms. The number of amides is 1. The molecule has 0 bridgehead atoms. The van der Waals surface area contributed by atoms with Crippen molar-refractivity contribution in [3.8, 4) is 17.2 Å². The van der Waals surface area contributed by atoms with Gasteiger partial charge >= 0.3 is 0 Å². The molecule has 0 N–H and O–H groups in total. The van der Waals surface area contributed by atoms with Gasteiger partial charge in [0, 0.05) is 24.6 Å². The first-order chi connectivity index (χ1) is 12.6. The van der Waals surface area contributed by atoms with Gasteiger partial charge in [0.25, 0.3) is 5.91 Å². The van der Waals surface area contributed by atoms with Crippen LogP contribution in [0.15, 0.2) is 36.4 Å². The fourth-order valence-electron chi connectivity index (χ4n) is 3.36. The van der Waals surface area contributed by atoms with Gasteiger partial charge in [0.2, 0.25) is 0 Å². The first-order valence-corrected chi connectivity index (χ1v) is 9.07. The van der Waals surface area contributed by atoms with Crippen LogP contribution in [0.25, 0.3) is 0 Å². The topological polar surface area (TPSA) is 48.0 Å². The first-order valence-electron chi connectivity index (χ1n) is 9.07. The van der Waals surface area contributed by atoms with Gasteiger partial charge < -0.3 is 19.1 Å². The van der Waals surface area contributed by atoms with Gasteiger partial charge in [0.05, 0.1) is 6.61 Å². The molecule has 0 fully saturated rings. The maximum atomic E-state index is 13.1. The Morgan fingerprint density at radius 1 is 0.962 bits per heavy atom. The molecule has 0 aromatic heterocycles. The molecule has 2 aliphatic heterocycles. The summed E-state index contributed by atoms with van der Waals surface area (Å²) in [4.78, 5) is 15.0. The Balaban J connectivity index is 1.56. The molecule has 0 radical (unpaired) electrons. The van der Waals surface area contributed by atoms with Crippen molar-refractivity contribution in [1.29, 1.82) is 0 Å². The van der Waals surface area contributed by atoms with Gasteiger partial charge in [-0.05, 0) is 55.3 Å². The average Bonchev–Trinajstić information content (AvgIpc) is 3.13. The number of ether oxygens (including phenoxy) is 3. The number of rotatable bonds is 4. The third-order valence-corrected chi connectivity index (χ3v) is 4.78. The van der Waals surface area contributed by atoms with Crippen molar-refractivity contribution in [2.75, 3.05) is 19.8 Å². The highest BCUT2D eigenvalue weighted by molar-refractivity contribution is 5.94. The van der Waals surface area contributed by atoms with Crippen LogP contribution in [0.5, 0.6) is 17.2 Å². The highest BCUT2D eigenvalue weighted by Crippen LogP contribution is 2.32. The number of hydrogen-bond donors (Lipinski definition) is 0. The zero-order valence-corrected chi connectivity index (χ0v) is 15.2. The molecule has 0 atom stereocenters. The number of fused-ring (bicyclic) bond motifs is 2. The minimum atomic E-state index is 0.0320. The Morgan fingerprint density at radius 2 is 1.69 bits per heavy atom. The van der Waals surface area contributed by atoms with Crippen molar-refractivity contribution in [1.82, 2.24) is 4.90 Å². The van der Waals surface area contributed by atoms with E-state index in [4.69, 9.17) is 14.2 Å². The summed E-state index contributed by atoms with van der Waals surface area (Å²) in [5.74, 6) is 2.44. The molecule has 0 aliphatic carbocycles. The molecule has 2 aromatic carbocycles. The Kier molecular flexibility index (Phi) is 4.45. The van der Waals surface area contributed by atoms with Crippen molar-refractivity contribution in [3.63, 3.8) is 0 Å². The number of nitrogens with zero attached hydrogens (tertiary/aromatic N) is 1. The summed E-state index contributed by atoms with van der Waals surface area (Å²) in [7, 11) is 0. The molecule has 4 rings (SSSR count). The fourth-order valence-corrected chi connectivity index (χ4v) is 3.36. The van der Waals surface area contributed by atoms with E-state index in [1.807, 2.05) is 55.1 Å². The van der Waals surface area contributed by atoms with E-state index < -0.39 is 0 Å². The summed E-state index contributed by atoms with van der Waals surface area (Å²) in [6.07, 6.45) is 0.861. The van der Waals surface area contributed by atoms with Crippen LogP contribution in [-0.2, 0) is 13.0 Å². The molecule has 2 heterocycles. The van der Waals surface area contributed by atoms with E-state index in [2.05, 4.69) is 0 Å². The lowest BCUT2D eigenvalue weighted by molar-refractivity contribution is 0.0690. The van der Waals surface area contributed by atoms with E-state index in [-0.39, 0.29) is 11.9 Å². The van der Waals surface area contributed by atoms with E-state index in [1.165, 1.54) is 0 Å². The fraction of sp³-hybridized carbons (Fsp3) is 0.381. The predicted molar refractivity (Wildman–Crippen MR) is 98.1 cm³/mol. The molecule has 1 amide bonds. The van der Waals surface area contributed by atoms with E-state index in [0.29, 0.717) is 31.9 Å². The van der Waals surface area contributed by atoms with Gasteiger partial charge in [-0.25, -0.2) is 0 Å². The zero-order chi connectivity index (χ0) is 18.1. The summed E-state index contributed by atoms with van der Waals surface area (Å²) < 4.78 is 16.8. The van der Waals surface area contributed by atoms with E-state index >= 15 is 0 Å². The molecule has 2 aromatic rings. The highest BCUT2D eigenvalue weighted by Gasteiger charge is 2.22. The average molecular weight is 353 g/mol.